The van der Waals surface area contributed by atoms with E-state index in [1.165, 1.54) is 0 Å². The molecule has 0 fully saturated rings. The third kappa shape index (κ3) is 3.14. The van der Waals surface area contributed by atoms with Crippen LogP contribution in [0, 0.1) is 0 Å². The average Bonchev–Trinajstić information content (AvgIpc) is 2.76. The first-order chi connectivity index (χ1) is 9.56. The van der Waals surface area contributed by atoms with Crippen LogP contribution in [0.5, 0.6) is 0 Å². The van der Waals surface area contributed by atoms with Gasteiger partial charge in [0.25, 0.3) is 0 Å². The molecule has 2 heterocycles. The van der Waals surface area contributed by atoms with Crippen molar-refractivity contribution in [3.63, 3.8) is 0 Å². The van der Waals surface area contributed by atoms with Crippen LogP contribution in [-0.4, -0.2) is 19.9 Å². The molecule has 20 heavy (non-hydrogen) atoms. The van der Waals surface area contributed by atoms with Gasteiger partial charge in [-0.15, -0.1) is 0 Å². The summed E-state index contributed by atoms with van der Waals surface area (Å²) < 4.78 is 1.84. The van der Waals surface area contributed by atoms with Crippen LogP contribution in [0.4, 0.5) is 0 Å². The quantitative estimate of drug-likeness (QED) is 0.860. The Labute approximate surface area is 128 Å². The van der Waals surface area contributed by atoms with Gasteiger partial charge in [-0.3, -0.25) is 4.68 Å². The first-order valence-electron chi connectivity index (χ1n) is 6.60. The van der Waals surface area contributed by atoms with Crippen molar-refractivity contribution in [3.8, 4) is 0 Å². The lowest BCUT2D eigenvalue weighted by atomic mass is 10.1. The number of hydrogen-bond donors (Lipinski definition) is 1. The fourth-order valence-corrected chi connectivity index (χ4v) is 2.56. The molecular weight excluding hydrogens is 297 g/mol. The molecule has 0 aliphatic heterocycles. The van der Waals surface area contributed by atoms with E-state index < -0.39 is 6.10 Å². The summed E-state index contributed by atoms with van der Waals surface area (Å²) in [6, 6.07) is 3.43. The van der Waals surface area contributed by atoms with E-state index in [0.717, 1.165) is 24.4 Å². The van der Waals surface area contributed by atoms with Crippen molar-refractivity contribution in [2.75, 3.05) is 0 Å². The van der Waals surface area contributed by atoms with Crippen molar-refractivity contribution in [2.24, 2.45) is 0 Å². The number of rotatable bonds is 5. The van der Waals surface area contributed by atoms with Crippen molar-refractivity contribution in [3.05, 3.63) is 45.5 Å². The van der Waals surface area contributed by atoms with E-state index in [9.17, 15) is 5.11 Å². The standard InChI is InChI=1S/C14H17Cl2N3O/c1-3-10-14(16)11(19(4-2)18-10)7-12(20)9-5-6-13(15)17-8-9/h5-6,8,12,20H,3-4,7H2,1-2H3. The van der Waals surface area contributed by atoms with Gasteiger partial charge in [-0.25, -0.2) is 4.98 Å². The monoisotopic (exact) mass is 313 g/mol. The van der Waals surface area contributed by atoms with E-state index in [0.29, 0.717) is 22.2 Å². The summed E-state index contributed by atoms with van der Waals surface area (Å²) in [5.41, 5.74) is 2.44. The minimum Gasteiger partial charge on any atom is -0.388 e. The van der Waals surface area contributed by atoms with Crippen molar-refractivity contribution >= 4 is 23.2 Å². The van der Waals surface area contributed by atoms with Crippen LogP contribution in [-0.2, 0) is 19.4 Å². The van der Waals surface area contributed by atoms with Gasteiger partial charge in [-0.2, -0.15) is 5.10 Å². The van der Waals surface area contributed by atoms with Crippen LogP contribution in [0.2, 0.25) is 10.2 Å². The Morgan fingerprint density at radius 2 is 2.05 bits per heavy atom. The SMILES string of the molecule is CCc1nn(CC)c(CC(O)c2ccc(Cl)nc2)c1Cl. The van der Waals surface area contributed by atoms with Gasteiger partial charge in [0.15, 0.2) is 0 Å². The molecule has 0 radical (unpaired) electrons. The van der Waals surface area contributed by atoms with E-state index in [1.54, 1.807) is 18.3 Å². The Balaban J connectivity index is 2.25. The molecule has 0 aromatic carbocycles. The first kappa shape index (κ1) is 15.3. The molecule has 1 N–H and O–H groups in total. The molecule has 0 saturated carbocycles. The summed E-state index contributed by atoms with van der Waals surface area (Å²) in [5.74, 6) is 0. The van der Waals surface area contributed by atoms with Crippen LogP contribution < -0.4 is 0 Å². The molecule has 0 saturated heterocycles. The number of pyridine rings is 1. The molecule has 0 aliphatic rings. The highest BCUT2D eigenvalue weighted by Gasteiger charge is 2.18. The van der Waals surface area contributed by atoms with Crippen LogP contribution in [0.15, 0.2) is 18.3 Å². The summed E-state index contributed by atoms with van der Waals surface area (Å²) in [4.78, 5) is 3.98. The molecule has 0 spiro atoms. The first-order valence-corrected chi connectivity index (χ1v) is 7.35. The minimum absolute atomic E-state index is 0.406. The Kier molecular flexibility index (Phi) is 5.02. The number of aliphatic hydroxyl groups excluding tert-OH is 1. The van der Waals surface area contributed by atoms with Gasteiger partial charge in [-0.05, 0) is 25.0 Å². The van der Waals surface area contributed by atoms with E-state index >= 15 is 0 Å². The zero-order valence-corrected chi connectivity index (χ0v) is 13.0. The Morgan fingerprint density at radius 1 is 1.30 bits per heavy atom. The van der Waals surface area contributed by atoms with Crippen LogP contribution in [0.25, 0.3) is 0 Å². The number of halogens is 2. The lowest BCUT2D eigenvalue weighted by Crippen LogP contribution is -2.09. The maximum atomic E-state index is 10.3. The molecule has 2 aromatic rings. The normalized spacial score (nSPS) is 12.7. The largest absolute Gasteiger partial charge is 0.388 e. The van der Waals surface area contributed by atoms with E-state index in [2.05, 4.69) is 10.1 Å². The fourth-order valence-electron chi connectivity index (χ4n) is 2.10. The number of aromatic nitrogens is 3. The number of nitrogens with zero attached hydrogens (tertiary/aromatic N) is 3. The molecule has 1 unspecified atom stereocenters. The third-order valence-corrected chi connectivity index (χ3v) is 3.88. The van der Waals surface area contributed by atoms with E-state index in [4.69, 9.17) is 23.2 Å². The fraction of sp³-hybridized carbons (Fsp3) is 0.429. The molecule has 1 atom stereocenters. The molecule has 0 amide bonds. The third-order valence-electron chi connectivity index (χ3n) is 3.22. The van der Waals surface area contributed by atoms with Crippen molar-refractivity contribution in [2.45, 2.75) is 39.3 Å². The topological polar surface area (TPSA) is 50.9 Å². The molecule has 0 bridgehead atoms. The molecular formula is C14H17Cl2N3O. The zero-order valence-electron chi connectivity index (χ0n) is 11.5. The summed E-state index contributed by atoms with van der Waals surface area (Å²) in [6.07, 6.45) is 2.08. The molecule has 2 aromatic heterocycles. The lowest BCUT2D eigenvalue weighted by molar-refractivity contribution is 0.175. The minimum atomic E-state index is -0.677. The lowest BCUT2D eigenvalue weighted by Gasteiger charge is -2.12. The van der Waals surface area contributed by atoms with Gasteiger partial charge in [0, 0.05) is 19.2 Å². The second-order valence-corrected chi connectivity index (χ2v) is 5.28. The molecule has 2 rings (SSSR count). The van der Waals surface area contributed by atoms with Gasteiger partial charge >= 0.3 is 0 Å². The Bertz CT molecular complexity index is 581. The maximum absolute atomic E-state index is 10.3. The number of aliphatic hydroxyl groups is 1. The highest BCUT2D eigenvalue weighted by molar-refractivity contribution is 6.31. The van der Waals surface area contributed by atoms with Gasteiger partial charge in [0.1, 0.15) is 5.15 Å². The smallest absolute Gasteiger partial charge is 0.129 e. The Morgan fingerprint density at radius 3 is 2.60 bits per heavy atom. The van der Waals surface area contributed by atoms with E-state index in [1.807, 2.05) is 18.5 Å². The predicted molar refractivity (Wildman–Crippen MR) is 80.2 cm³/mol. The van der Waals surface area contributed by atoms with Gasteiger partial charge < -0.3 is 5.11 Å². The average molecular weight is 314 g/mol. The van der Waals surface area contributed by atoms with Gasteiger partial charge in [0.2, 0.25) is 0 Å². The summed E-state index contributed by atoms with van der Waals surface area (Å²) in [6.45, 7) is 4.74. The summed E-state index contributed by atoms with van der Waals surface area (Å²) >= 11 is 12.1. The van der Waals surface area contributed by atoms with Crippen LogP contribution >= 0.6 is 23.2 Å². The second kappa shape index (κ2) is 6.57. The number of aryl methyl sites for hydroxylation is 2. The highest BCUT2D eigenvalue weighted by atomic mass is 35.5. The molecule has 6 heteroatoms. The highest BCUT2D eigenvalue weighted by Crippen LogP contribution is 2.27. The Hall–Kier alpha value is -1.10. The molecule has 0 aliphatic carbocycles. The molecule has 4 nitrogen and oxygen atoms in total. The maximum Gasteiger partial charge on any atom is 0.129 e. The summed E-state index contributed by atoms with van der Waals surface area (Å²) in [7, 11) is 0. The van der Waals surface area contributed by atoms with Gasteiger partial charge in [-0.1, -0.05) is 36.2 Å². The zero-order chi connectivity index (χ0) is 14.7. The van der Waals surface area contributed by atoms with Crippen LogP contribution in [0.3, 0.4) is 0 Å². The van der Waals surface area contributed by atoms with Crippen molar-refractivity contribution in [1.29, 1.82) is 0 Å². The summed E-state index contributed by atoms with van der Waals surface area (Å²) in [5, 5.41) is 15.8. The predicted octanol–water partition coefficient (Wildman–Crippen LogP) is 3.44. The van der Waals surface area contributed by atoms with Crippen molar-refractivity contribution in [1.82, 2.24) is 14.8 Å². The second-order valence-electron chi connectivity index (χ2n) is 4.51. The van der Waals surface area contributed by atoms with Crippen molar-refractivity contribution < 1.29 is 5.11 Å². The van der Waals surface area contributed by atoms with Gasteiger partial charge in [0.05, 0.1) is 22.5 Å². The molecule has 108 valence electrons. The van der Waals surface area contributed by atoms with Crippen LogP contribution in [0.1, 0.15) is 36.9 Å². The van der Waals surface area contributed by atoms with E-state index in [-0.39, 0.29) is 0 Å². The number of hydrogen-bond acceptors (Lipinski definition) is 3.